The number of benzene rings is 2. The molecule has 3 aromatic rings. The molecule has 0 saturated heterocycles. The molecule has 1 heterocycles. The number of fused-ring (bicyclic) bond motifs is 1. The van der Waals surface area contributed by atoms with Crippen LogP contribution in [-0.4, -0.2) is 9.97 Å². The van der Waals surface area contributed by atoms with Crippen molar-refractivity contribution in [1.82, 2.24) is 9.97 Å². The van der Waals surface area contributed by atoms with Gasteiger partial charge in [0, 0.05) is 10.6 Å². The Labute approximate surface area is 141 Å². The predicted octanol–water partition coefficient (Wildman–Crippen LogP) is 6.22. The summed E-state index contributed by atoms with van der Waals surface area (Å²) in [5.74, 6) is 0.460. The quantitative estimate of drug-likeness (QED) is 0.483. The fourth-order valence-corrected chi connectivity index (χ4v) is 3.17. The summed E-state index contributed by atoms with van der Waals surface area (Å²) in [4.78, 5) is 8.79. The molecule has 0 N–H and O–H groups in total. The van der Waals surface area contributed by atoms with Crippen LogP contribution in [0.4, 0.5) is 0 Å². The molecule has 0 aliphatic carbocycles. The highest BCUT2D eigenvalue weighted by molar-refractivity contribution is 6.44. The van der Waals surface area contributed by atoms with Crippen LogP contribution in [0.25, 0.3) is 22.3 Å². The minimum Gasteiger partial charge on any atom is -0.226 e. The highest BCUT2D eigenvalue weighted by Crippen LogP contribution is 2.34. The zero-order chi connectivity index (χ0) is 15.1. The van der Waals surface area contributed by atoms with Gasteiger partial charge in [-0.2, -0.15) is 0 Å². The molecule has 0 aliphatic heterocycles. The third kappa shape index (κ3) is 2.82. The van der Waals surface area contributed by atoms with Gasteiger partial charge in [0.15, 0.2) is 5.82 Å². The van der Waals surface area contributed by atoms with Gasteiger partial charge in [0.05, 0.1) is 20.9 Å². The number of hydrogen-bond donors (Lipinski definition) is 0. The highest BCUT2D eigenvalue weighted by Gasteiger charge is 2.14. The zero-order valence-corrected chi connectivity index (χ0v) is 13.8. The first-order valence-electron chi connectivity index (χ1n) is 6.04. The molecule has 2 aromatic carbocycles. The number of hydrogen-bond acceptors (Lipinski definition) is 2. The van der Waals surface area contributed by atoms with Crippen LogP contribution >= 0.6 is 46.4 Å². The first kappa shape index (κ1) is 14.9. The van der Waals surface area contributed by atoms with Crippen molar-refractivity contribution in [1.29, 1.82) is 0 Å². The van der Waals surface area contributed by atoms with Crippen molar-refractivity contribution in [3.63, 3.8) is 0 Å². The molecule has 106 valence electrons. The van der Waals surface area contributed by atoms with Gasteiger partial charge in [0.1, 0.15) is 5.15 Å². The molecule has 2 nitrogen and oxygen atoms in total. The van der Waals surface area contributed by atoms with Crippen LogP contribution < -0.4 is 0 Å². The van der Waals surface area contributed by atoms with Gasteiger partial charge in [-0.3, -0.25) is 0 Å². The molecule has 0 aliphatic rings. The van der Waals surface area contributed by atoms with E-state index in [9.17, 15) is 0 Å². The second kappa shape index (κ2) is 5.62. The lowest BCUT2D eigenvalue weighted by Crippen LogP contribution is -1.94. The Balaban J connectivity index is 2.32. The first-order valence-corrected chi connectivity index (χ1v) is 7.55. The Bertz CT molecular complexity index is 842. The fraction of sp³-hybridized carbons (Fsp3) is 0.0667. The van der Waals surface area contributed by atoms with Gasteiger partial charge in [0.2, 0.25) is 0 Å². The van der Waals surface area contributed by atoms with E-state index in [0.29, 0.717) is 31.8 Å². The fourth-order valence-electron chi connectivity index (χ4n) is 2.12. The van der Waals surface area contributed by atoms with Gasteiger partial charge in [-0.15, -0.1) is 0 Å². The summed E-state index contributed by atoms with van der Waals surface area (Å²) in [7, 11) is 0. The van der Waals surface area contributed by atoms with Gasteiger partial charge in [-0.25, -0.2) is 9.97 Å². The van der Waals surface area contributed by atoms with Crippen LogP contribution in [0.15, 0.2) is 30.3 Å². The standard InChI is InChI=1S/C15H8Cl4N2/c1-7-4-8(6-9(16)5-7)15-20-13-11(18)3-2-10(17)12(13)14(19)21-15/h2-6H,1H3. The Kier molecular flexibility index (Phi) is 3.98. The lowest BCUT2D eigenvalue weighted by molar-refractivity contribution is 1.22. The molecule has 0 unspecified atom stereocenters. The molecule has 0 bridgehead atoms. The molecule has 0 fully saturated rings. The third-order valence-electron chi connectivity index (χ3n) is 3.01. The highest BCUT2D eigenvalue weighted by atomic mass is 35.5. The van der Waals surface area contributed by atoms with Crippen LogP contribution in [-0.2, 0) is 0 Å². The van der Waals surface area contributed by atoms with E-state index in [4.69, 9.17) is 46.4 Å². The summed E-state index contributed by atoms with van der Waals surface area (Å²) < 4.78 is 0. The van der Waals surface area contributed by atoms with Crippen molar-refractivity contribution in [2.45, 2.75) is 6.92 Å². The van der Waals surface area contributed by atoms with Crippen LogP contribution in [0.3, 0.4) is 0 Å². The SMILES string of the molecule is Cc1cc(Cl)cc(-c2nc(Cl)c3c(Cl)ccc(Cl)c3n2)c1. The van der Waals surface area contributed by atoms with E-state index >= 15 is 0 Å². The maximum absolute atomic E-state index is 6.24. The summed E-state index contributed by atoms with van der Waals surface area (Å²) in [6.07, 6.45) is 0. The molecule has 3 rings (SSSR count). The Morgan fingerprint density at radius 1 is 0.857 bits per heavy atom. The van der Waals surface area contributed by atoms with Gasteiger partial charge in [-0.1, -0.05) is 46.4 Å². The second-order valence-electron chi connectivity index (χ2n) is 4.61. The van der Waals surface area contributed by atoms with Crippen LogP contribution in [0.1, 0.15) is 5.56 Å². The minimum atomic E-state index is 0.264. The van der Waals surface area contributed by atoms with Crippen molar-refractivity contribution in [2.24, 2.45) is 0 Å². The minimum absolute atomic E-state index is 0.264. The third-order valence-corrected chi connectivity index (χ3v) is 4.12. The molecule has 0 radical (unpaired) electrons. The number of rotatable bonds is 1. The van der Waals surface area contributed by atoms with Crippen LogP contribution in [0.5, 0.6) is 0 Å². The number of nitrogens with zero attached hydrogens (tertiary/aromatic N) is 2. The Morgan fingerprint density at radius 2 is 1.57 bits per heavy atom. The summed E-state index contributed by atoms with van der Waals surface area (Å²) >= 11 is 24.6. The van der Waals surface area contributed by atoms with Gasteiger partial charge >= 0.3 is 0 Å². The summed E-state index contributed by atoms with van der Waals surface area (Å²) in [5.41, 5.74) is 2.31. The van der Waals surface area contributed by atoms with E-state index in [1.807, 2.05) is 19.1 Å². The maximum Gasteiger partial charge on any atom is 0.161 e. The number of halogens is 4. The molecule has 6 heteroatoms. The molecule has 0 amide bonds. The van der Waals surface area contributed by atoms with Crippen molar-refractivity contribution in [3.8, 4) is 11.4 Å². The van der Waals surface area contributed by atoms with E-state index in [1.165, 1.54) is 0 Å². The summed E-state index contributed by atoms with van der Waals surface area (Å²) in [6.45, 7) is 1.95. The van der Waals surface area contributed by atoms with E-state index in [1.54, 1.807) is 18.2 Å². The number of aryl methyl sites for hydroxylation is 1. The molecule has 1 aromatic heterocycles. The monoisotopic (exact) mass is 356 g/mol. The molecular weight excluding hydrogens is 350 g/mol. The lowest BCUT2D eigenvalue weighted by Gasteiger charge is -2.08. The molecule has 0 atom stereocenters. The van der Waals surface area contributed by atoms with Gasteiger partial charge in [-0.05, 0) is 42.8 Å². The summed E-state index contributed by atoms with van der Waals surface area (Å²) in [6, 6.07) is 8.93. The van der Waals surface area contributed by atoms with E-state index in [-0.39, 0.29) is 5.15 Å². The predicted molar refractivity (Wildman–Crippen MR) is 89.8 cm³/mol. The largest absolute Gasteiger partial charge is 0.226 e. The molecule has 0 saturated carbocycles. The smallest absolute Gasteiger partial charge is 0.161 e. The van der Waals surface area contributed by atoms with Crippen molar-refractivity contribution in [2.75, 3.05) is 0 Å². The van der Waals surface area contributed by atoms with Crippen molar-refractivity contribution in [3.05, 3.63) is 56.1 Å². The number of aromatic nitrogens is 2. The summed E-state index contributed by atoms with van der Waals surface area (Å²) in [5, 5.41) is 2.36. The molecule has 0 spiro atoms. The van der Waals surface area contributed by atoms with Gasteiger partial charge in [0.25, 0.3) is 0 Å². The average Bonchev–Trinajstić information content (AvgIpc) is 2.41. The Hall–Kier alpha value is -1.06. The van der Waals surface area contributed by atoms with Crippen LogP contribution in [0.2, 0.25) is 20.2 Å². The van der Waals surface area contributed by atoms with E-state index < -0.39 is 0 Å². The Morgan fingerprint density at radius 3 is 2.29 bits per heavy atom. The van der Waals surface area contributed by atoms with E-state index in [0.717, 1.165) is 11.1 Å². The second-order valence-corrected chi connectivity index (χ2v) is 6.22. The van der Waals surface area contributed by atoms with E-state index in [2.05, 4.69) is 9.97 Å². The van der Waals surface area contributed by atoms with Crippen molar-refractivity contribution < 1.29 is 0 Å². The van der Waals surface area contributed by atoms with Crippen molar-refractivity contribution >= 4 is 57.3 Å². The lowest BCUT2D eigenvalue weighted by atomic mass is 10.1. The average molecular weight is 358 g/mol. The maximum atomic E-state index is 6.24. The topological polar surface area (TPSA) is 25.8 Å². The van der Waals surface area contributed by atoms with Crippen LogP contribution in [0, 0.1) is 6.92 Å². The normalized spacial score (nSPS) is 11.1. The zero-order valence-electron chi connectivity index (χ0n) is 10.8. The van der Waals surface area contributed by atoms with Gasteiger partial charge < -0.3 is 0 Å². The molecule has 21 heavy (non-hydrogen) atoms. The first-order chi connectivity index (χ1) is 9.95. The molecular formula is C15H8Cl4N2.